The van der Waals surface area contributed by atoms with Crippen molar-refractivity contribution in [3.63, 3.8) is 0 Å². The zero-order chi connectivity index (χ0) is 11.7. The van der Waals surface area contributed by atoms with E-state index in [2.05, 4.69) is 15.7 Å². The molecule has 0 aliphatic carbocycles. The Bertz CT molecular complexity index is 287. The predicted octanol–water partition coefficient (Wildman–Crippen LogP) is -0.760. The van der Waals surface area contributed by atoms with Crippen LogP contribution in [0.25, 0.3) is 0 Å². The summed E-state index contributed by atoms with van der Waals surface area (Å²) in [5.41, 5.74) is 2.39. The lowest BCUT2D eigenvalue weighted by molar-refractivity contribution is 0.595. The summed E-state index contributed by atoms with van der Waals surface area (Å²) in [6.07, 6.45) is 0.917. The van der Waals surface area contributed by atoms with Crippen LogP contribution < -0.4 is 16.6 Å². The molecule has 0 atom stereocenters. The van der Waals surface area contributed by atoms with E-state index in [9.17, 15) is 8.42 Å². The fourth-order valence-corrected chi connectivity index (χ4v) is 1.55. The molecule has 15 heavy (non-hydrogen) atoms. The first-order valence-corrected chi connectivity index (χ1v) is 6.83. The monoisotopic (exact) mass is 236 g/mol. The van der Waals surface area contributed by atoms with Gasteiger partial charge < -0.3 is 5.32 Å². The molecule has 0 fully saturated rings. The lowest BCUT2D eigenvalue weighted by atomic mass is 10.5. The molecule has 7 heteroatoms. The van der Waals surface area contributed by atoms with Gasteiger partial charge in [-0.3, -0.25) is 10.4 Å². The fourth-order valence-electron chi connectivity index (χ4n) is 0.845. The molecule has 0 amide bonds. The Morgan fingerprint density at radius 3 is 2.53 bits per heavy atom. The minimum atomic E-state index is -2.93. The highest BCUT2D eigenvalue weighted by Crippen LogP contribution is 1.87. The van der Waals surface area contributed by atoms with Gasteiger partial charge in [-0.1, -0.05) is 13.8 Å². The van der Waals surface area contributed by atoms with Gasteiger partial charge in [0.1, 0.15) is 0 Å². The van der Waals surface area contributed by atoms with Crippen molar-refractivity contribution in [1.82, 2.24) is 10.7 Å². The van der Waals surface area contributed by atoms with Crippen LogP contribution in [0, 0.1) is 0 Å². The van der Waals surface area contributed by atoms with Gasteiger partial charge in [0.05, 0.1) is 5.75 Å². The van der Waals surface area contributed by atoms with Crippen molar-refractivity contribution in [2.45, 2.75) is 20.3 Å². The molecule has 0 aromatic carbocycles. The van der Waals surface area contributed by atoms with Crippen LogP contribution in [0.2, 0.25) is 0 Å². The van der Waals surface area contributed by atoms with Gasteiger partial charge in [-0.25, -0.2) is 14.3 Å². The van der Waals surface area contributed by atoms with Gasteiger partial charge in [0, 0.05) is 18.8 Å². The molecule has 0 spiro atoms. The van der Waals surface area contributed by atoms with Gasteiger partial charge in [0.2, 0.25) is 5.96 Å². The molecule has 0 saturated heterocycles. The van der Waals surface area contributed by atoms with Gasteiger partial charge in [-0.15, -0.1) is 0 Å². The summed E-state index contributed by atoms with van der Waals surface area (Å²) >= 11 is 0. The van der Waals surface area contributed by atoms with Crippen LogP contribution in [0.15, 0.2) is 4.99 Å². The Morgan fingerprint density at radius 2 is 2.07 bits per heavy atom. The second-order valence-electron chi connectivity index (χ2n) is 3.04. The molecule has 0 unspecified atom stereocenters. The SMILES string of the molecule is CCCN=C(NN)NCCS(=O)(=O)CC. The number of hydrogen-bond acceptors (Lipinski definition) is 4. The molecule has 0 aromatic heterocycles. The van der Waals surface area contributed by atoms with E-state index in [-0.39, 0.29) is 11.5 Å². The van der Waals surface area contributed by atoms with E-state index in [1.807, 2.05) is 6.92 Å². The lowest BCUT2D eigenvalue weighted by Gasteiger charge is -2.08. The summed E-state index contributed by atoms with van der Waals surface area (Å²) in [4.78, 5) is 4.08. The van der Waals surface area contributed by atoms with Crippen LogP contribution in [-0.4, -0.2) is 39.0 Å². The second kappa shape index (κ2) is 7.47. The highest BCUT2D eigenvalue weighted by Gasteiger charge is 2.06. The molecule has 0 bridgehead atoms. The minimum Gasteiger partial charge on any atom is -0.354 e. The molecule has 6 nitrogen and oxygen atoms in total. The minimum absolute atomic E-state index is 0.0936. The number of nitrogens with two attached hydrogens (primary N) is 1. The highest BCUT2D eigenvalue weighted by atomic mass is 32.2. The number of guanidine groups is 1. The number of nitrogens with zero attached hydrogens (tertiary/aromatic N) is 1. The number of hydrazine groups is 1. The lowest BCUT2D eigenvalue weighted by Crippen LogP contribution is -2.43. The van der Waals surface area contributed by atoms with E-state index in [1.54, 1.807) is 6.92 Å². The van der Waals surface area contributed by atoms with Crippen LogP contribution in [0.4, 0.5) is 0 Å². The Morgan fingerprint density at radius 1 is 1.40 bits per heavy atom. The van der Waals surface area contributed by atoms with E-state index in [1.165, 1.54) is 0 Å². The molecule has 0 radical (unpaired) electrons. The standard InChI is InChI=1S/C8H20N4O2S/c1-3-5-10-8(12-9)11-6-7-15(13,14)4-2/h3-7,9H2,1-2H3,(H2,10,11,12). The Hall–Kier alpha value is -0.820. The first-order valence-electron chi connectivity index (χ1n) is 5.01. The smallest absolute Gasteiger partial charge is 0.205 e. The molecule has 90 valence electrons. The van der Waals surface area contributed by atoms with Gasteiger partial charge >= 0.3 is 0 Å². The molecular formula is C8H20N4O2S. The second-order valence-corrected chi connectivity index (χ2v) is 5.51. The maximum absolute atomic E-state index is 11.2. The van der Waals surface area contributed by atoms with Crippen molar-refractivity contribution in [2.24, 2.45) is 10.8 Å². The van der Waals surface area contributed by atoms with Gasteiger partial charge in [-0.2, -0.15) is 0 Å². The molecule has 4 N–H and O–H groups in total. The Kier molecular flexibility index (Phi) is 7.06. The van der Waals surface area contributed by atoms with Crippen LogP contribution in [0.1, 0.15) is 20.3 Å². The summed E-state index contributed by atoms with van der Waals surface area (Å²) < 4.78 is 22.3. The number of nitrogens with one attached hydrogen (secondary N) is 2. The number of hydrogen-bond donors (Lipinski definition) is 3. The third-order valence-electron chi connectivity index (χ3n) is 1.78. The summed E-state index contributed by atoms with van der Waals surface area (Å²) in [5, 5.41) is 2.83. The molecule has 0 rings (SSSR count). The van der Waals surface area contributed by atoms with E-state index >= 15 is 0 Å². The largest absolute Gasteiger partial charge is 0.354 e. The van der Waals surface area contributed by atoms with Crippen molar-refractivity contribution in [3.05, 3.63) is 0 Å². The van der Waals surface area contributed by atoms with Gasteiger partial charge in [0.25, 0.3) is 0 Å². The van der Waals surface area contributed by atoms with Crippen LogP contribution in [0.5, 0.6) is 0 Å². The number of aliphatic imine (C=N–C) groups is 1. The molecule has 0 saturated carbocycles. The number of sulfone groups is 1. The average molecular weight is 236 g/mol. The van der Waals surface area contributed by atoms with E-state index in [4.69, 9.17) is 5.84 Å². The van der Waals surface area contributed by atoms with Gasteiger partial charge in [-0.05, 0) is 6.42 Å². The Balaban J connectivity index is 3.92. The zero-order valence-corrected chi connectivity index (χ0v) is 10.1. The molecule has 0 aliphatic rings. The molecule has 0 aromatic rings. The normalized spacial score (nSPS) is 12.6. The summed E-state index contributed by atoms with van der Waals surface area (Å²) in [6.45, 7) is 4.61. The van der Waals surface area contributed by atoms with Gasteiger partial charge in [0.15, 0.2) is 9.84 Å². The molecular weight excluding hydrogens is 216 g/mol. The topological polar surface area (TPSA) is 96.6 Å². The van der Waals surface area contributed by atoms with Crippen molar-refractivity contribution >= 4 is 15.8 Å². The van der Waals surface area contributed by atoms with Crippen molar-refractivity contribution < 1.29 is 8.42 Å². The van der Waals surface area contributed by atoms with E-state index < -0.39 is 9.84 Å². The summed E-state index contributed by atoms with van der Waals surface area (Å²) in [5.74, 6) is 5.89. The number of rotatable bonds is 6. The molecule has 0 heterocycles. The van der Waals surface area contributed by atoms with Crippen LogP contribution in [0.3, 0.4) is 0 Å². The summed E-state index contributed by atoms with van der Waals surface area (Å²) in [7, 11) is -2.93. The average Bonchev–Trinajstić information content (AvgIpc) is 2.23. The molecule has 0 aliphatic heterocycles. The Labute approximate surface area is 91.2 Å². The third-order valence-corrected chi connectivity index (χ3v) is 3.48. The third kappa shape index (κ3) is 7.15. The quantitative estimate of drug-likeness (QED) is 0.244. The predicted molar refractivity (Wildman–Crippen MR) is 62.2 cm³/mol. The maximum Gasteiger partial charge on any atom is 0.205 e. The fraction of sp³-hybridized carbons (Fsp3) is 0.875. The zero-order valence-electron chi connectivity index (χ0n) is 9.28. The van der Waals surface area contributed by atoms with Crippen LogP contribution >= 0.6 is 0 Å². The summed E-state index contributed by atoms with van der Waals surface area (Å²) in [6, 6.07) is 0. The van der Waals surface area contributed by atoms with Crippen molar-refractivity contribution in [1.29, 1.82) is 0 Å². The highest BCUT2D eigenvalue weighted by molar-refractivity contribution is 7.91. The van der Waals surface area contributed by atoms with E-state index in [0.29, 0.717) is 19.0 Å². The first-order chi connectivity index (χ1) is 7.05. The van der Waals surface area contributed by atoms with Crippen molar-refractivity contribution in [3.8, 4) is 0 Å². The van der Waals surface area contributed by atoms with Crippen molar-refractivity contribution in [2.75, 3.05) is 24.6 Å². The first kappa shape index (κ1) is 14.2. The maximum atomic E-state index is 11.2. The van der Waals surface area contributed by atoms with Crippen LogP contribution in [-0.2, 0) is 9.84 Å². The van der Waals surface area contributed by atoms with E-state index in [0.717, 1.165) is 6.42 Å².